The molecule has 1 atom stereocenters. The fraction of sp³-hybridized carbons (Fsp3) is 0.923. The van der Waals surface area contributed by atoms with Crippen molar-refractivity contribution in [1.29, 1.82) is 0 Å². The molecule has 4 heteroatoms. The van der Waals surface area contributed by atoms with Crippen LogP contribution in [-0.2, 0) is 4.79 Å². The molecule has 1 unspecified atom stereocenters. The van der Waals surface area contributed by atoms with Gasteiger partial charge in [-0.2, -0.15) is 0 Å². The van der Waals surface area contributed by atoms with Crippen molar-refractivity contribution in [3.63, 3.8) is 0 Å². The smallest absolute Gasteiger partial charge is 0.237 e. The van der Waals surface area contributed by atoms with Crippen molar-refractivity contribution in [2.45, 2.75) is 58.7 Å². The van der Waals surface area contributed by atoms with Gasteiger partial charge < -0.3 is 10.4 Å². The Morgan fingerprint density at radius 2 is 1.76 bits per heavy atom. The van der Waals surface area contributed by atoms with Crippen LogP contribution < -0.4 is 5.32 Å². The van der Waals surface area contributed by atoms with Crippen molar-refractivity contribution in [1.82, 2.24) is 10.2 Å². The van der Waals surface area contributed by atoms with E-state index in [2.05, 4.69) is 5.32 Å². The number of amides is 1. The highest BCUT2D eigenvalue weighted by Gasteiger charge is 2.46. The Morgan fingerprint density at radius 3 is 2.12 bits per heavy atom. The lowest BCUT2D eigenvalue weighted by Crippen LogP contribution is -2.68. The standard InChI is InChI=1S/C13H26N2O2/c1-9(2)13(17)7-15(8-13)10(3)11(16)14-12(4,5)6/h9-10,17H,7-8H2,1-6H3,(H,14,16). The second kappa shape index (κ2) is 4.58. The molecule has 1 amide bonds. The summed E-state index contributed by atoms with van der Waals surface area (Å²) < 4.78 is 0. The topological polar surface area (TPSA) is 52.6 Å². The van der Waals surface area contributed by atoms with Crippen LogP contribution >= 0.6 is 0 Å². The SMILES string of the molecule is CC(C(=O)NC(C)(C)C)N1CC(O)(C(C)C)C1. The van der Waals surface area contributed by atoms with Crippen LogP contribution in [0.5, 0.6) is 0 Å². The average Bonchev–Trinajstić information content (AvgIpc) is 2.08. The van der Waals surface area contributed by atoms with E-state index >= 15 is 0 Å². The van der Waals surface area contributed by atoms with Crippen LogP contribution in [0.25, 0.3) is 0 Å². The number of rotatable bonds is 3. The van der Waals surface area contributed by atoms with Gasteiger partial charge in [-0.1, -0.05) is 13.8 Å². The van der Waals surface area contributed by atoms with Crippen LogP contribution in [0.2, 0.25) is 0 Å². The largest absolute Gasteiger partial charge is 0.387 e. The molecular formula is C13H26N2O2. The molecule has 0 bridgehead atoms. The van der Waals surface area contributed by atoms with E-state index in [-0.39, 0.29) is 23.4 Å². The Bertz CT molecular complexity index is 288. The second-order valence-electron chi connectivity index (χ2n) is 6.58. The van der Waals surface area contributed by atoms with Gasteiger partial charge in [0.15, 0.2) is 0 Å². The number of hydrogen-bond donors (Lipinski definition) is 2. The third-order valence-corrected chi connectivity index (χ3v) is 3.45. The van der Waals surface area contributed by atoms with E-state index in [1.807, 2.05) is 46.4 Å². The number of hydrogen-bond acceptors (Lipinski definition) is 3. The highest BCUT2D eigenvalue weighted by molar-refractivity contribution is 5.82. The van der Waals surface area contributed by atoms with E-state index in [0.717, 1.165) is 0 Å². The molecule has 1 fully saturated rings. The van der Waals surface area contributed by atoms with Gasteiger partial charge in [0.25, 0.3) is 0 Å². The summed E-state index contributed by atoms with van der Waals surface area (Å²) in [5.74, 6) is 0.264. The van der Waals surface area contributed by atoms with Gasteiger partial charge in [-0.15, -0.1) is 0 Å². The summed E-state index contributed by atoms with van der Waals surface area (Å²) in [7, 11) is 0. The number of carbonyl (C=O) groups is 1. The Morgan fingerprint density at radius 1 is 1.29 bits per heavy atom. The number of likely N-dealkylation sites (tertiary alicyclic amines) is 1. The van der Waals surface area contributed by atoms with Gasteiger partial charge in [-0.05, 0) is 33.6 Å². The molecule has 1 saturated heterocycles. The summed E-state index contributed by atoms with van der Waals surface area (Å²) >= 11 is 0. The van der Waals surface area contributed by atoms with Gasteiger partial charge in [0.2, 0.25) is 5.91 Å². The molecule has 1 rings (SSSR count). The fourth-order valence-electron chi connectivity index (χ4n) is 1.94. The number of aliphatic hydroxyl groups is 1. The van der Waals surface area contributed by atoms with Crippen molar-refractivity contribution >= 4 is 5.91 Å². The lowest BCUT2D eigenvalue weighted by Gasteiger charge is -2.51. The van der Waals surface area contributed by atoms with Crippen LogP contribution in [-0.4, -0.2) is 46.2 Å². The highest BCUT2D eigenvalue weighted by atomic mass is 16.3. The number of nitrogens with one attached hydrogen (secondary N) is 1. The number of nitrogens with zero attached hydrogens (tertiary/aromatic N) is 1. The summed E-state index contributed by atoms with van der Waals surface area (Å²) in [5, 5.41) is 13.1. The van der Waals surface area contributed by atoms with Gasteiger partial charge in [0.1, 0.15) is 0 Å². The Hall–Kier alpha value is -0.610. The molecule has 1 heterocycles. The van der Waals surface area contributed by atoms with Gasteiger partial charge in [0.05, 0.1) is 11.6 Å². The number of carbonyl (C=O) groups excluding carboxylic acids is 1. The van der Waals surface area contributed by atoms with E-state index in [1.54, 1.807) is 0 Å². The molecule has 0 aromatic heterocycles. The molecule has 4 nitrogen and oxygen atoms in total. The minimum absolute atomic E-state index is 0.0308. The fourth-order valence-corrected chi connectivity index (χ4v) is 1.94. The van der Waals surface area contributed by atoms with Crippen LogP contribution in [0.3, 0.4) is 0 Å². The van der Waals surface area contributed by atoms with E-state index in [1.165, 1.54) is 0 Å². The van der Waals surface area contributed by atoms with E-state index in [4.69, 9.17) is 0 Å². The zero-order chi connectivity index (χ0) is 13.4. The van der Waals surface area contributed by atoms with Crippen LogP contribution in [0.1, 0.15) is 41.5 Å². The second-order valence-corrected chi connectivity index (χ2v) is 6.58. The van der Waals surface area contributed by atoms with Crippen LogP contribution in [0, 0.1) is 5.92 Å². The molecule has 1 aliphatic heterocycles. The maximum absolute atomic E-state index is 11.9. The molecule has 0 saturated carbocycles. The molecule has 17 heavy (non-hydrogen) atoms. The first-order valence-electron chi connectivity index (χ1n) is 6.33. The van der Waals surface area contributed by atoms with Crippen molar-refractivity contribution in [3.8, 4) is 0 Å². The molecule has 0 aromatic carbocycles. The molecule has 0 radical (unpaired) electrons. The van der Waals surface area contributed by atoms with Gasteiger partial charge in [-0.25, -0.2) is 0 Å². The predicted molar refractivity (Wildman–Crippen MR) is 68.7 cm³/mol. The predicted octanol–water partition coefficient (Wildman–Crippen LogP) is 0.992. The summed E-state index contributed by atoms with van der Waals surface area (Å²) in [6, 6.07) is -0.173. The molecule has 100 valence electrons. The highest BCUT2D eigenvalue weighted by Crippen LogP contribution is 2.30. The van der Waals surface area contributed by atoms with Crippen molar-refractivity contribution < 1.29 is 9.90 Å². The average molecular weight is 242 g/mol. The first-order valence-corrected chi connectivity index (χ1v) is 6.33. The summed E-state index contributed by atoms with van der Waals surface area (Å²) in [4.78, 5) is 14.0. The normalized spacial score (nSPS) is 22.1. The zero-order valence-corrected chi connectivity index (χ0v) is 11.9. The van der Waals surface area contributed by atoms with Crippen molar-refractivity contribution in [2.75, 3.05) is 13.1 Å². The van der Waals surface area contributed by atoms with E-state index < -0.39 is 5.60 Å². The summed E-state index contributed by atoms with van der Waals surface area (Å²) in [6.45, 7) is 13.0. The summed E-state index contributed by atoms with van der Waals surface area (Å²) in [6.07, 6.45) is 0. The van der Waals surface area contributed by atoms with Crippen LogP contribution in [0.4, 0.5) is 0 Å². The number of β-amino-alcohol motifs (C(OH)–C–C–N with tert-alkyl or cyclic N) is 1. The first kappa shape index (κ1) is 14.5. The first-order chi connectivity index (χ1) is 7.55. The maximum atomic E-state index is 11.9. The van der Waals surface area contributed by atoms with Gasteiger partial charge in [-0.3, -0.25) is 9.69 Å². The lowest BCUT2D eigenvalue weighted by atomic mass is 9.82. The third-order valence-electron chi connectivity index (χ3n) is 3.45. The van der Waals surface area contributed by atoms with E-state index in [9.17, 15) is 9.90 Å². The molecule has 0 aromatic rings. The third kappa shape index (κ3) is 3.42. The minimum Gasteiger partial charge on any atom is -0.387 e. The Kier molecular flexibility index (Phi) is 3.89. The lowest BCUT2D eigenvalue weighted by molar-refractivity contribution is -0.154. The molecular weight excluding hydrogens is 216 g/mol. The zero-order valence-electron chi connectivity index (χ0n) is 11.9. The van der Waals surface area contributed by atoms with Crippen LogP contribution in [0.15, 0.2) is 0 Å². The van der Waals surface area contributed by atoms with Crippen molar-refractivity contribution in [2.24, 2.45) is 5.92 Å². The molecule has 0 aliphatic carbocycles. The Balaban J connectivity index is 2.47. The van der Waals surface area contributed by atoms with Gasteiger partial charge >= 0.3 is 0 Å². The molecule has 1 aliphatic rings. The molecule has 0 spiro atoms. The van der Waals surface area contributed by atoms with Gasteiger partial charge in [0, 0.05) is 18.6 Å². The molecule has 2 N–H and O–H groups in total. The summed E-state index contributed by atoms with van der Waals surface area (Å²) in [5.41, 5.74) is -0.819. The Labute approximate surface area is 104 Å². The minimum atomic E-state index is -0.615. The maximum Gasteiger partial charge on any atom is 0.237 e. The quantitative estimate of drug-likeness (QED) is 0.776. The van der Waals surface area contributed by atoms with E-state index in [0.29, 0.717) is 13.1 Å². The monoisotopic (exact) mass is 242 g/mol. The van der Waals surface area contributed by atoms with Crippen molar-refractivity contribution in [3.05, 3.63) is 0 Å².